The summed E-state index contributed by atoms with van der Waals surface area (Å²) < 4.78 is 45.1. The van der Waals surface area contributed by atoms with E-state index >= 15 is 0 Å². The van der Waals surface area contributed by atoms with Crippen molar-refractivity contribution in [3.05, 3.63) is 119 Å². The molecule has 156 valence electrons. The minimum absolute atomic E-state index is 0.0536. The first-order valence-corrected chi connectivity index (χ1v) is 11.5. The topological polar surface area (TPSA) is 42.3 Å². The maximum absolute atomic E-state index is 14.0. The lowest BCUT2D eigenvalue weighted by Crippen LogP contribution is -2.34. The molecule has 4 nitrogen and oxygen atoms in total. The number of rotatable bonds is 3. The predicted octanol–water partition coefficient (Wildman–Crippen LogP) is 5.22. The van der Waals surface area contributed by atoms with Crippen molar-refractivity contribution in [3.8, 4) is 5.69 Å². The van der Waals surface area contributed by atoms with Crippen LogP contribution >= 0.6 is 0 Å². The van der Waals surface area contributed by atoms with E-state index in [0.717, 1.165) is 34.1 Å². The molecule has 1 aliphatic heterocycles. The fourth-order valence-corrected chi connectivity index (χ4v) is 5.79. The summed E-state index contributed by atoms with van der Waals surface area (Å²) in [6.45, 7) is 2.17. The van der Waals surface area contributed by atoms with Crippen molar-refractivity contribution in [2.24, 2.45) is 0 Å². The summed E-state index contributed by atoms with van der Waals surface area (Å²) in [5.74, 6) is -0.577. The van der Waals surface area contributed by atoms with Crippen LogP contribution < -0.4 is 0 Å². The standard InChI is InChI=1S/C25H21FN2O2S/c1-18-11-13-19(14-12-18)25-24-10-5-15-27(24)23-9-3-2-6-20(23)17-28(25)31(29,30)22-8-4-7-21(26)16-22/h2-16,25H,17H2,1H3/t25-/m1/s1. The van der Waals surface area contributed by atoms with Gasteiger partial charge in [-0.1, -0.05) is 54.1 Å². The molecule has 31 heavy (non-hydrogen) atoms. The van der Waals surface area contributed by atoms with Crippen molar-refractivity contribution >= 4 is 10.0 Å². The Kier molecular flexibility index (Phi) is 4.76. The van der Waals surface area contributed by atoms with Gasteiger partial charge in [0.25, 0.3) is 0 Å². The smallest absolute Gasteiger partial charge is 0.244 e. The molecule has 1 aromatic heterocycles. The van der Waals surface area contributed by atoms with Crippen LogP contribution in [0.1, 0.15) is 28.4 Å². The summed E-state index contributed by atoms with van der Waals surface area (Å²) in [6, 6.07) is 24.2. The maximum Gasteiger partial charge on any atom is 0.244 e. The van der Waals surface area contributed by atoms with Crippen LogP contribution in [0.15, 0.2) is 96.0 Å². The van der Waals surface area contributed by atoms with E-state index in [2.05, 4.69) is 0 Å². The third-order valence-corrected chi connectivity index (χ3v) is 7.53. The van der Waals surface area contributed by atoms with Crippen molar-refractivity contribution in [2.45, 2.75) is 24.4 Å². The van der Waals surface area contributed by atoms with Gasteiger partial charge in [0.05, 0.1) is 10.9 Å². The van der Waals surface area contributed by atoms with E-state index in [9.17, 15) is 12.8 Å². The van der Waals surface area contributed by atoms with Gasteiger partial charge in [-0.15, -0.1) is 0 Å². The van der Waals surface area contributed by atoms with Gasteiger partial charge in [-0.2, -0.15) is 4.31 Å². The number of aryl methyl sites for hydroxylation is 1. The number of nitrogens with zero attached hydrogens (tertiary/aromatic N) is 2. The Morgan fingerprint density at radius 3 is 2.45 bits per heavy atom. The fraction of sp³-hybridized carbons (Fsp3) is 0.120. The highest BCUT2D eigenvalue weighted by molar-refractivity contribution is 7.89. The Labute approximate surface area is 181 Å². The highest BCUT2D eigenvalue weighted by atomic mass is 32.2. The Morgan fingerprint density at radius 1 is 0.903 bits per heavy atom. The van der Waals surface area contributed by atoms with Crippen LogP contribution in [0.2, 0.25) is 0 Å². The number of para-hydroxylation sites is 1. The first-order valence-electron chi connectivity index (χ1n) is 10.0. The Morgan fingerprint density at radius 2 is 1.68 bits per heavy atom. The van der Waals surface area contributed by atoms with Gasteiger partial charge in [-0.3, -0.25) is 0 Å². The van der Waals surface area contributed by atoms with Crippen LogP contribution in [-0.2, 0) is 16.6 Å². The highest BCUT2D eigenvalue weighted by Crippen LogP contribution is 2.39. The van der Waals surface area contributed by atoms with E-state index in [0.29, 0.717) is 0 Å². The summed E-state index contributed by atoms with van der Waals surface area (Å²) >= 11 is 0. The Balaban J connectivity index is 1.77. The van der Waals surface area contributed by atoms with Gasteiger partial charge in [0.2, 0.25) is 10.0 Å². The van der Waals surface area contributed by atoms with E-state index in [1.807, 2.05) is 78.4 Å². The first-order chi connectivity index (χ1) is 14.9. The molecule has 0 bridgehead atoms. The van der Waals surface area contributed by atoms with Crippen molar-refractivity contribution < 1.29 is 12.8 Å². The lowest BCUT2D eigenvalue weighted by Gasteiger charge is -2.30. The lowest BCUT2D eigenvalue weighted by atomic mass is 10.0. The molecule has 1 atom stereocenters. The molecule has 1 aliphatic rings. The zero-order valence-corrected chi connectivity index (χ0v) is 17.8. The number of benzene rings is 3. The molecular formula is C25H21FN2O2S. The van der Waals surface area contributed by atoms with Gasteiger partial charge in [0, 0.05) is 24.1 Å². The van der Waals surface area contributed by atoms with Gasteiger partial charge < -0.3 is 4.57 Å². The molecule has 0 saturated carbocycles. The minimum Gasteiger partial charge on any atom is -0.319 e. The van der Waals surface area contributed by atoms with Crippen molar-refractivity contribution in [1.29, 1.82) is 0 Å². The molecule has 0 N–H and O–H groups in total. The molecule has 4 aromatic rings. The summed E-state index contributed by atoms with van der Waals surface area (Å²) in [5, 5.41) is 0. The van der Waals surface area contributed by atoms with Crippen LogP contribution in [0, 0.1) is 12.7 Å². The third-order valence-electron chi connectivity index (χ3n) is 5.72. The second-order valence-electron chi connectivity index (χ2n) is 7.75. The zero-order valence-electron chi connectivity index (χ0n) is 16.9. The molecule has 5 rings (SSSR count). The van der Waals surface area contributed by atoms with Gasteiger partial charge in [-0.05, 0) is 54.4 Å². The van der Waals surface area contributed by atoms with Crippen LogP contribution in [0.25, 0.3) is 5.69 Å². The van der Waals surface area contributed by atoms with E-state index in [1.54, 1.807) is 0 Å². The molecule has 0 unspecified atom stereocenters. The summed E-state index contributed by atoms with van der Waals surface area (Å²) in [7, 11) is -4.00. The molecule has 0 aliphatic carbocycles. The van der Waals surface area contributed by atoms with Gasteiger partial charge in [-0.25, -0.2) is 12.8 Å². The molecule has 0 amide bonds. The molecular weight excluding hydrogens is 411 g/mol. The number of hydrogen-bond donors (Lipinski definition) is 0. The number of aromatic nitrogens is 1. The first kappa shape index (κ1) is 19.7. The quantitative estimate of drug-likeness (QED) is 0.446. The number of hydrogen-bond acceptors (Lipinski definition) is 2. The Hall–Kier alpha value is -3.22. The van der Waals surface area contributed by atoms with Gasteiger partial charge in [0.15, 0.2) is 0 Å². The van der Waals surface area contributed by atoms with E-state index in [4.69, 9.17) is 0 Å². The number of fused-ring (bicyclic) bond motifs is 3. The van der Waals surface area contributed by atoms with E-state index < -0.39 is 21.9 Å². The van der Waals surface area contributed by atoms with Gasteiger partial charge in [0.1, 0.15) is 5.82 Å². The minimum atomic E-state index is -4.00. The third kappa shape index (κ3) is 3.38. The van der Waals surface area contributed by atoms with Crippen molar-refractivity contribution in [1.82, 2.24) is 8.87 Å². The summed E-state index contributed by atoms with van der Waals surface area (Å²) in [5.41, 5.74) is 4.62. The molecule has 0 spiro atoms. The molecule has 3 aromatic carbocycles. The largest absolute Gasteiger partial charge is 0.319 e. The molecule has 0 fully saturated rings. The highest BCUT2D eigenvalue weighted by Gasteiger charge is 2.38. The van der Waals surface area contributed by atoms with Crippen LogP contribution in [0.5, 0.6) is 0 Å². The summed E-state index contributed by atoms with van der Waals surface area (Å²) in [6.07, 6.45) is 1.95. The van der Waals surface area contributed by atoms with Crippen molar-refractivity contribution in [2.75, 3.05) is 0 Å². The average molecular weight is 433 g/mol. The Bertz CT molecular complexity index is 1360. The van der Waals surface area contributed by atoms with Crippen LogP contribution in [0.3, 0.4) is 0 Å². The number of halogens is 1. The van der Waals surface area contributed by atoms with Crippen LogP contribution in [-0.4, -0.2) is 17.3 Å². The normalized spacial score (nSPS) is 16.4. The molecule has 0 saturated heterocycles. The zero-order chi connectivity index (χ0) is 21.6. The lowest BCUT2D eigenvalue weighted by molar-refractivity contribution is 0.353. The fourth-order valence-electron chi connectivity index (χ4n) is 4.19. The molecule has 2 heterocycles. The van der Waals surface area contributed by atoms with E-state index in [-0.39, 0.29) is 11.4 Å². The van der Waals surface area contributed by atoms with Crippen molar-refractivity contribution in [3.63, 3.8) is 0 Å². The number of sulfonamides is 1. The van der Waals surface area contributed by atoms with Gasteiger partial charge >= 0.3 is 0 Å². The predicted molar refractivity (Wildman–Crippen MR) is 118 cm³/mol. The molecule has 6 heteroatoms. The second kappa shape index (κ2) is 7.48. The van der Waals surface area contributed by atoms with E-state index in [1.165, 1.54) is 22.5 Å². The average Bonchev–Trinajstić information content (AvgIpc) is 3.19. The molecule has 0 radical (unpaired) electrons. The summed E-state index contributed by atoms with van der Waals surface area (Å²) in [4.78, 5) is -0.0536. The maximum atomic E-state index is 14.0. The SMILES string of the molecule is Cc1ccc([C@@H]2c3cccn3-c3ccccc3CN2S(=O)(=O)c2cccc(F)c2)cc1. The van der Waals surface area contributed by atoms with Crippen LogP contribution in [0.4, 0.5) is 4.39 Å². The monoisotopic (exact) mass is 432 g/mol. The second-order valence-corrected chi connectivity index (χ2v) is 9.64.